The Morgan fingerprint density at radius 2 is 2.06 bits per heavy atom. The topological polar surface area (TPSA) is 24.5 Å². The van der Waals surface area contributed by atoms with Crippen molar-refractivity contribution in [3.05, 3.63) is 0 Å². The summed E-state index contributed by atoms with van der Waals surface area (Å²) >= 11 is 0. The summed E-state index contributed by atoms with van der Waals surface area (Å²) < 4.78 is 5.87. The first-order chi connectivity index (χ1) is 8.83. The molecule has 1 aliphatic carbocycles. The third-order valence-electron chi connectivity index (χ3n) is 4.71. The van der Waals surface area contributed by atoms with E-state index in [2.05, 4.69) is 24.1 Å². The van der Waals surface area contributed by atoms with Gasteiger partial charge in [0.1, 0.15) is 0 Å². The summed E-state index contributed by atoms with van der Waals surface area (Å²) in [6.45, 7) is 9.88. The predicted molar refractivity (Wildman–Crippen MR) is 75.9 cm³/mol. The van der Waals surface area contributed by atoms with E-state index in [1.54, 1.807) is 0 Å². The van der Waals surface area contributed by atoms with Gasteiger partial charge in [-0.25, -0.2) is 0 Å². The van der Waals surface area contributed by atoms with Gasteiger partial charge in [-0.05, 0) is 25.3 Å². The van der Waals surface area contributed by atoms with Gasteiger partial charge in [-0.3, -0.25) is 4.90 Å². The van der Waals surface area contributed by atoms with Crippen LogP contribution < -0.4 is 5.32 Å². The monoisotopic (exact) mass is 254 g/mol. The lowest BCUT2D eigenvalue weighted by atomic mass is 9.83. The van der Waals surface area contributed by atoms with E-state index in [-0.39, 0.29) is 0 Å². The zero-order valence-corrected chi connectivity index (χ0v) is 12.2. The molecule has 18 heavy (non-hydrogen) atoms. The molecule has 2 rings (SSSR count). The number of nitrogens with one attached hydrogen (secondary N) is 1. The highest BCUT2D eigenvalue weighted by atomic mass is 16.5. The Morgan fingerprint density at radius 3 is 2.83 bits per heavy atom. The summed E-state index contributed by atoms with van der Waals surface area (Å²) in [5, 5.41) is 3.79. The van der Waals surface area contributed by atoms with E-state index >= 15 is 0 Å². The first-order valence-electron chi connectivity index (χ1n) is 7.90. The average Bonchev–Trinajstić information content (AvgIpc) is 2.45. The fraction of sp³-hybridized carbons (Fsp3) is 1.00. The van der Waals surface area contributed by atoms with Gasteiger partial charge in [-0.2, -0.15) is 0 Å². The second-order valence-corrected chi connectivity index (χ2v) is 5.85. The summed E-state index contributed by atoms with van der Waals surface area (Å²) in [4.78, 5) is 2.49. The molecule has 2 fully saturated rings. The highest BCUT2D eigenvalue weighted by Crippen LogP contribution is 2.26. The molecule has 0 amide bonds. The van der Waals surface area contributed by atoms with E-state index in [0.29, 0.717) is 6.10 Å². The van der Waals surface area contributed by atoms with E-state index in [0.717, 1.165) is 44.7 Å². The molecule has 0 bridgehead atoms. The zero-order valence-electron chi connectivity index (χ0n) is 12.2. The van der Waals surface area contributed by atoms with Crippen molar-refractivity contribution >= 4 is 0 Å². The van der Waals surface area contributed by atoms with Crippen LogP contribution in [0.2, 0.25) is 0 Å². The molecular formula is C15H30N2O. The van der Waals surface area contributed by atoms with Gasteiger partial charge in [0.05, 0.1) is 12.7 Å². The van der Waals surface area contributed by atoms with Gasteiger partial charge >= 0.3 is 0 Å². The second-order valence-electron chi connectivity index (χ2n) is 5.85. The van der Waals surface area contributed by atoms with Crippen molar-refractivity contribution in [2.45, 2.75) is 58.1 Å². The molecule has 1 saturated heterocycles. The third-order valence-corrected chi connectivity index (χ3v) is 4.71. The highest BCUT2D eigenvalue weighted by molar-refractivity contribution is 4.82. The minimum atomic E-state index is 0.401. The minimum Gasteiger partial charge on any atom is -0.374 e. The van der Waals surface area contributed by atoms with Gasteiger partial charge in [0.25, 0.3) is 0 Å². The van der Waals surface area contributed by atoms with Gasteiger partial charge in [-0.15, -0.1) is 0 Å². The number of morpholine rings is 1. The van der Waals surface area contributed by atoms with Crippen molar-refractivity contribution in [2.24, 2.45) is 5.92 Å². The highest BCUT2D eigenvalue weighted by Gasteiger charge is 2.25. The number of nitrogens with zero attached hydrogens (tertiary/aromatic N) is 1. The van der Waals surface area contributed by atoms with Crippen molar-refractivity contribution in [3.63, 3.8) is 0 Å². The van der Waals surface area contributed by atoms with Gasteiger partial charge in [0.2, 0.25) is 0 Å². The molecule has 1 saturated carbocycles. The van der Waals surface area contributed by atoms with E-state index in [1.165, 1.54) is 32.1 Å². The fourth-order valence-corrected chi connectivity index (χ4v) is 3.44. The molecule has 0 spiro atoms. The molecular weight excluding hydrogens is 224 g/mol. The molecule has 3 nitrogen and oxygen atoms in total. The number of likely N-dealkylation sites (N-methyl/N-ethyl adjacent to an activating group) is 1. The number of ether oxygens (including phenoxy) is 1. The van der Waals surface area contributed by atoms with Crippen LogP contribution in [0.3, 0.4) is 0 Å². The molecule has 3 unspecified atom stereocenters. The van der Waals surface area contributed by atoms with Crippen molar-refractivity contribution in [1.82, 2.24) is 10.2 Å². The maximum atomic E-state index is 5.87. The van der Waals surface area contributed by atoms with Crippen LogP contribution in [0.4, 0.5) is 0 Å². The van der Waals surface area contributed by atoms with Crippen LogP contribution in [0.5, 0.6) is 0 Å². The molecule has 3 heteroatoms. The quantitative estimate of drug-likeness (QED) is 0.814. The average molecular weight is 254 g/mol. The molecule has 0 aromatic carbocycles. The second kappa shape index (κ2) is 7.46. The molecule has 1 heterocycles. The number of rotatable bonds is 5. The fourth-order valence-electron chi connectivity index (χ4n) is 3.44. The lowest BCUT2D eigenvalue weighted by molar-refractivity contribution is -0.0277. The smallest absolute Gasteiger partial charge is 0.0826 e. The first-order valence-corrected chi connectivity index (χ1v) is 7.90. The maximum absolute atomic E-state index is 5.87. The Balaban J connectivity index is 1.72. The summed E-state index contributed by atoms with van der Waals surface area (Å²) in [5.41, 5.74) is 0. The Hall–Kier alpha value is -0.120. The van der Waals surface area contributed by atoms with Gasteiger partial charge < -0.3 is 10.1 Å². The first kappa shape index (κ1) is 14.3. The normalized spacial score (nSPS) is 34.7. The van der Waals surface area contributed by atoms with Crippen molar-refractivity contribution in [1.29, 1.82) is 0 Å². The zero-order chi connectivity index (χ0) is 12.8. The summed E-state index contributed by atoms with van der Waals surface area (Å²) in [6, 6.07) is 0.740. The van der Waals surface area contributed by atoms with Crippen LogP contribution in [0.15, 0.2) is 0 Å². The number of hydrogen-bond donors (Lipinski definition) is 1. The van der Waals surface area contributed by atoms with Crippen LogP contribution in [-0.4, -0.2) is 49.8 Å². The van der Waals surface area contributed by atoms with E-state index in [1.807, 2.05) is 0 Å². The van der Waals surface area contributed by atoms with Crippen LogP contribution in [-0.2, 0) is 4.74 Å². The molecule has 1 aliphatic heterocycles. The Morgan fingerprint density at radius 1 is 1.22 bits per heavy atom. The summed E-state index contributed by atoms with van der Waals surface area (Å²) in [5.74, 6) is 0.893. The predicted octanol–water partition coefficient (Wildman–Crippen LogP) is 2.27. The van der Waals surface area contributed by atoms with Crippen LogP contribution in [0.25, 0.3) is 0 Å². The van der Waals surface area contributed by atoms with Crippen molar-refractivity contribution in [3.8, 4) is 0 Å². The van der Waals surface area contributed by atoms with Gasteiger partial charge in [0.15, 0.2) is 0 Å². The Kier molecular flexibility index (Phi) is 5.93. The number of hydrogen-bond acceptors (Lipinski definition) is 3. The van der Waals surface area contributed by atoms with Crippen LogP contribution in [0.1, 0.15) is 46.0 Å². The van der Waals surface area contributed by atoms with Crippen LogP contribution in [0, 0.1) is 5.92 Å². The lowest BCUT2D eigenvalue weighted by Gasteiger charge is -2.36. The third kappa shape index (κ3) is 3.94. The Labute approximate surface area is 112 Å². The van der Waals surface area contributed by atoms with Gasteiger partial charge in [-0.1, -0.05) is 33.1 Å². The largest absolute Gasteiger partial charge is 0.374 e. The Bertz CT molecular complexity index is 235. The summed E-state index contributed by atoms with van der Waals surface area (Å²) in [7, 11) is 0. The molecule has 0 radical (unpaired) electrons. The van der Waals surface area contributed by atoms with E-state index < -0.39 is 0 Å². The van der Waals surface area contributed by atoms with E-state index in [9.17, 15) is 0 Å². The molecule has 0 aromatic rings. The molecule has 2 aliphatic rings. The van der Waals surface area contributed by atoms with Crippen molar-refractivity contribution in [2.75, 3.05) is 32.8 Å². The van der Waals surface area contributed by atoms with Gasteiger partial charge in [0, 0.05) is 25.7 Å². The minimum absolute atomic E-state index is 0.401. The standard InChI is InChI=1S/C15H30N2O/c1-3-13-7-5-6-8-15(13)16-11-14-12-17(4-2)9-10-18-14/h13-16H,3-12H2,1-2H3. The maximum Gasteiger partial charge on any atom is 0.0826 e. The lowest BCUT2D eigenvalue weighted by Crippen LogP contribution is -2.49. The SMILES string of the molecule is CCC1CCCCC1NCC1CN(CC)CCO1. The van der Waals surface area contributed by atoms with Crippen molar-refractivity contribution < 1.29 is 4.74 Å². The molecule has 1 N–H and O–H groups in total. The van der Waals surface area contributed by atoms with Crippen LogP contribution >= 0.6 is 0 Å². The van der Waals surface area contributed by atoms with E-state index in [4.69, 9.17) is 4.74 Å². The molecule has 106 valence electrons. The molecule has 3 atom stereocenters. The summed E-state index contributed by atoms with van der Waals surface area (Å²) in [6.07, 6.45) is 7.34. The molecule has 0 aromatic heterocycles.